The third-order valence-electron chi connectivity index (χ3n) is 5.77. The molecule has 2 aromatic rings. The van der Waals surface area contributed by atoms with Crippen molar-refractivity contribution in [2.24, 2.45) is 0 Å². The van der Waals surface area contributed by atoms with Crippen LogP contribution in [0.5, 0.6) is 0 Å². The fraction of sp³-hybridized carbons (Fsp3) is 0.650. The third kappa shape index (κ3) is 3.98. The maximum absolute atomic E-state index is 12.4. The normalized spacial score (nSPS) is 18.2. The zero-order valence-corrected chi connectivity index (χ0v) is 16.9. The molecule has 1 fully saturated rings. The summed E-state index contributed by atoms with van der Waals surface area (Å²) in [5.74, 6) is -0.0708. The zero-order chi connectivity index (χ0) is 19.5. The number of rotatable bonds is 6. The number of carbonyl (C=O) groups is 1. The topological polar surface area (TPSA) is 77.2 Å². The summed E-state index contributed by atoms with van der Waals surface area (Å²) in [5.41, 5.74) is 4.29. The largest absolute Gasteiger partial charge is 0.376 e. The third-order valence-corrected chi connectivity index (χ3v) is 5.77. The van der Waals surface area contributed by atoms with E-state index in [9.17, 15) is 4.79 Å². The monoisotopic (exact) mass is 386 g/mol. The fourth-order valence-electron chi connectivity index (χ4n) is 4.13. The minimum Gasteiger partial charge on any atom is -0.376 e. The Morgan fingerprint density at radius 3 is 2.79 bits per heavy atom. The van der Waals surface area contributed by atoms with E-state index in [-0.39, 0.29) is 11.9 Å². The van der Waals surface area contributed by atoms with Crippen molar-refractivity contribution in [1.29, 1.82) is 0 Å². The minimum absolute atomic E-state index is 0.0708. The summed E-state index contributed by atoms with van der Waals surface area (Å²) in [6.07, 6.45) is 4.70. The van der Waals surface area contributed by atoms with Crippen LogP contribution < -0.4 is 5.32 Å². The lowest BCUT2D eigenvalue weighted by atomic mass is 10.0. The van der Waals surface area contributed by atoms with Crippen molar-refractivity contribution in [3.63, 3.8) is 0 Å². The maximum atomic E-state index is 12.4. The van der Waals surface area contributed by atoms with Gasteiger partial charge in [0.15, 0.2) is 0 Å². The van der Waals surface area contributed by atoms with E-state index in [4.69, 9.17) is 9.84 Å². The van der Waals surface area contributed by atoms with Crippen LogP contribution in [0.15, 0.2) is 12.3 Å². The van der Waals surface area contributed by atoms with Gasteiger partial charge in [0.05, 0.1) is 18.9 Å². The molecular formula is C20H30N6O2. The lowest BCUT2D eigenvalue weighted by Crippen LogP contribution is -2.44. The Morgan fingerprint density at radius 1 is 1.25 bits per heavy atom. The molecule has 4 rings (SSSR count). The van der Waals surface area contributed by atoms with Gasteiger partial charge in [0, 0.05) is 62.6 Å². The van der Waals surface area contributed by atoms with Crippen molar-refractivity contribution in [2.75, 3.05) is 19.7 Å². The van der Waals surface area contributed by atoms with E-state index in [1.807, 2.05) is 13.1 Å². The minimum atomic E-state index is -0.0708. The highest BCUT2D eigenvalue weighted by molar-refractivity contribution is 5.92. The molecule has 2 aromatic heterocycles. The number of piperidine rings is 1. The lowest BCUT2D eigenvalue weighted by Gasteiger charge is -2.32. The number of amides is 1. The standard InChI is InChI=1S/C20H30N6O2/c1-3-25-11-7-17(22-25)20(27)21-15-5-9-24(10-6-15)13-18-16-14-28-12-8-19(16)26(4-2)23-18/h7,11,15H,3-6,8-10,12-14H2,1-2H3,(H,21,27). The van der Waals surface area contributed by atoms with Crippen LogP contribution >= 0.6 is 0 Å². The Morgan fingerprint density at radius 2 is 2.07 bits per heavy atom. The molecule has 1 amide bonds. The molecule has 0 aliphatic carbocycles. The fourth-order valence-corrected chi connectivity index (χ4v) is 4.13. The Kier molecular flexibility index (Phi) is 5.77. The van der Waals surface area contributed by atoms with Gasteiger partial charge in [-0.2, -0.15) is 10.2 Å². The first-order valence-electron chi connectivity index (χ1n) is 10.4. The molecule has 2 aliphatic heterocycles. The first-order valence-corrected chi connectivity index (χ1v) is 10.4. The van der Waals surface area contributed by atoms with E-state index in [1.54, 1.807) is 10.7 Å². The number of ether oxygens (including phenoxy) is 1. The zero-order valence-electron chi connectivity index (χ0n) is 16.9. The van der Waals surface area contributed by atoms with E-state index >= 15 is 0 Å². The molecule has 8 nitrogen and oxygen atoms in total. The Labute approximate surface area is 165 Å². The average Bonchev–Trinajstić information content (AvgIpc) is 3.35. The Bertz CT molecular complexity index is 819. The predicted octanol–water partition coefficient (Wildman–Crippen LogP) is 1.59. The molecular weight excluding hydrogens is 356 g/mol. The highest BCUT2D eigenvalue weighted by Gasteiger charge is 2.25. The van der Waals surface area contributed by atoms with E-state index in [0.717, 1.165) is 64.3 Å². The summed E-state index contributed by atoms with van der Waals surface area (Å²) < 4.78 is 9.58. The van der Waals surface area contributed by atoms with Gasteiger partial charge in [-0.1, -0.05) is 0 Å². The van der Waals surface area contributed by atoms with Crippen LogP contribution in [0.4, 0.5) is 0 Å². The van der Waals surface area contributed by atoms with Crippen LogP contribution in [0.25, 0.3) is 0 Å². The number of aromatic nitrogens is 4. The molecule has 8 heteroatoms. The molecule has 0 unspecified atom stereocenters. The molecule has 4 heterocycles. The van der Waals surface area contributed by atoms with Crippen molar-refractivity contribution < 1.29 is 9.53 Å². The molecule has 1 saturated heterocycles. The first kappa shape index (κ1) is 19.1. The van der Waals surface area contributed by atoms with Crippen LogP contribution in [-0.2, 0) is 37.4 Å². The smallest absolute Gasteiger partial charge is 0.271 e. The van der Waals surface area contributed by atoms with Crippen LogP contribution in [0, 0.1) is 0 Å². The van der Waals surface area contributed by atoms with Crippen LogP contribution in [0.3, 0.4) is 0 Å². The van der Waals surface area contributed by atoms with Gasteiger partial charge in [0.25, 0.3) is 5.91 Å². The molecule has 0 radical (unpaired) electrons. The van der Waals surface area contributed by atoms with E-state index < -0.39 is 0 Å². The number of fused-ring (bicyclic) bond motifs is 1. The molecule has 1 N–H and O–H groups in total. The molecule has 0 aromatic carbocycles. The summed E-state index contributed by atoms with van der Waals surface area (Å²) in [4.78, 5) is 14.8. The molecule has 0 bridgehead atoms. The number of nitrogens with zero attached hydrogens (tertiary/aromatic N) is 5. The molecule has 0 saturated carbocycles. The highest BCUT2D eigenvalue weighted by Crippen LogP contribution is 2.23. The SMILES string of the molecule is CCn1ccc(C(=O)NC2CCN(Cc3nn(CC)c4c3COCC4)CC2)n1. The van der Waals surface area contributed by atoms with Crippen LogP contribution in [0.2, 0.25) is 0 Å². The number of carbonyl (C=O) groups excluding carboxylic acids is 1. The first-order chi connectivity index (χ1) is 13.7. The summed E-state index contributed by atoms with van der Waals surface area (Å²) in [7, 11) is 0. The molecule has 0 atom stereocenters. The number of nitrogens with one attached hydrogen (secondary N) is 1. The molecule has 152 valence electrons. The highest BCUT2D eigenvalue weighted by atomic mass is 16.5. The second-order valence-corrected chi connectivity index (χ2v) is 7.57. The van der Waals surface area contributed by atoms with Crippen molar-refractivity contribution in [1.82, 2.24) is 29.8 Å². The van der Waals surface area contributed by atoms with Gasteiger partial charge >= 0.3 is 0 Å². The molecule has 28 heavy (non-hydrogen) atoms. The summed E-state index contributed by atoms with van der Waals surface area (Å²) in [5, 5.41) is 12.3. The van der Waals surface area contributed by atoms with Crippen LogP contribution in [0.1, 0.15) is 54.1 Å². The summed E-state index contributed by atoms with van der Waals surface area (Å²) >= 11 is 0. The average molecular weight is 387 g/mol. The Balaban J connectivity index is 1.31. The Hall–Kier alpha value is -2.19. The summed E-state index contributed by atoms with van der Waals surface area (Å²) in [6.45, 7) is 10.1. The molecule has 0 spiro atoms. The van der Waals surface area contributed by atoms with Gasteiger partial charge in [0.2, 0.25) is 0 Å². The summed E-state index contributed by atoms with van der Waals surface area (Å²) in [6, 6.07) is 1.99. The second kappa shape index (κ2) is 8.45. The maximum Gasteiger partial charge on any atom is 0.271 e. The quantitative estimate of drug-likeness (QED) is 0.816. The number of hydrogen-bond donors (Lipinski definition) is 1. The van der Waals surface area contributed by atoms with Crippen LogP contribution in [-0.4, -0.2) is 56.1 Å². The number of likely N-dealkylation sites (tertiary alicyclic amines) is 1. The lowest BCUT2D eigenvalue weighted by molar-refractivity contribution is 0.0900. The van der Waals surface area contributed by atoms with Crippen molar-refractivity contribution in [3.05, 3.63) is 34.9 Å². The van der Waals surface area contributed by atoms with E-state index in [1.165, 1.54) is 11.3 Å². The van der Waals surface area contributed by atoms with E-state index in [2.05, 4.69) is 26.9 Å². The molecule has 2 aliphatic rings. The van der Waals surface area contributed by atoms with Gasteiger partial charge in [-0.15, -0.1) is 0 Å². The van der Waals surface area contributed by atoms with Gasteiger partial charge in [-0.25, -0.2) is 0 Å². The van der Waals surface area contributed by atoms with Gasteiger partial charge in [-0.3, -0.25) is 19.1 Å². The van der Waals surface area contributed by atoms with Gasteiger partial charge < -0.3 is 10.1 Å². The number of hydrogen-bond acceptors (Lipinski definition) is 5. The van der Waals surface area contributed by atoms with Gasteiger partial charge in [-0.05, 0) is 32.8 Å². The van der Waals surface area contributed by atoms with Crippen molar-refractivity contribution in [3.8, 4) is 0 Å². The van der Waals surface area contributed by atoms with Gasteiger partial charge in [0.1, 0.15) is 5.69 Å². The second-order valence-electron chi connectivity index (χ2n) is 7.57. The van der Waals surface area contributed by atoms with Crippen molar-refractivity contribution in [2.45, 2.75) is 65.4 Å². The predicted molar refractivity (Wildman–Crippen MR) is 105 cm³/mol. The van der Waals surface area contributed by atoms with Crippen molar-refractivity contribution >= 4 is 5.91 Å². The number of aryl methyl sites for hydroxylation is 2. The van der Waals surface area contributed by atoms with E-state index in [0.29, 0.717) is 12.3 Å².